The Morgan fingerprint density at radius 2 is 2.25 bits per heavy atom. The number of aryl methyl sites for hydroxylation is 1. The zero-order valence-electron chi connectivity index (χ0n) is 11.8. The predicted octanol–water partition coefficient (Wildman–Crippen LogP) is 2.68. The number of pyridine rings is 1. The topological polar surface area (TPSA) is 42.7 Å². The van der Waals surface area contributed by atoms with Crippen LogP contribution >= 0.6 is 0 Å². The molecule has 4 nitrogen and oxygen atoms in total. The van der Waals surface area contributed by atoms with Gasteiger partial charge in [0.05, 0.1) is 18.1 Å². The van der Waals surface area contributed by atoms with Gasteiger partial charge in [-0.1, -0.05) is 0 Å². The Kier molecular flexibility index (Phi) is 3.53. The monoisotopic (exact) mass is 274 g/mol. The molecule has 0 saturated carbocycles. The lowest BCUT2D eigenvalue weighted by atomic mass is 9.92. The van der Waals surface area contributed by atoms with Crippen molar-refractivity contribution in [3.63, 3.8) is 0 Å². The van der Waals surface area contributed by atoms with Gasteiger partial charge in [-0.05, 0) is 38.3 Å². The average Bonchev–Trinajstić information content (AvgIpc) is 2.82. The average molecular weight is 274 g/mol. The van der Waals surface area contributed by atoms with Crippen LogP contribution in [0.25, 0.3) is 0 Å². The number of nitrogens with one attached hydrogen (secondary N) is 1. The SMILES string of the molecule is CC(NC1CCCc2c1cnn2C)c1ccc(F)cn1. The van der Waals surface area contributed by atoms with Crippen LogP contribution in [-0.2, 0) is 13.5 Å². The van der Waals surface area contributed by atoms with Gasteiger partial charge in [-0.15, -0.1) is 0 Å². The largest absolute Gasteiger partial charge is 0.302 e. The first-order valence-electron chi connectivity index (χ1n) is 7.03. The maximum Gasteiger partial charge on any atom is 0.141 e. The molecule has 0 saturated heterocycles. The van der Waals surface area contributed by atoms with E-state index in [1.165, 1.54) is 23.5 Å². The third-order valence-electron chi connectivity index (χ3n) is 4.02. The summed E-state index contributed by atoms with van der Waals surface area (Å²) in [6, 6.07) is 3.58. The minimum absolute atomic E-state index is 0.0896. The van der Waals surface area contributed by atoms with Crippen LogP contribution in [0.1, 0.15) is 48.8 Å². The molecule has 1 N–H and O–H groups in total. The van der Waals surface area contributed by atoms with Crippen molar-refractivity contribution in [1.82, 2.24) is 20.1 Å². The number of nitrogens with zero attached hydrogens (tertiary/aromatic N) is 3. The summed E-state index contributed by atoms with van der Waals surface area (Å²) in [5.74, 6) is -0.298. The van der Waals surface area contributed by atoms with Crippen LogP contribution in [0.5, 0.6) is 0 Å². The summed E-state index contributed by atoms with van der Waals surface area (Å²) in [7, 11) is 1.99. The van der Waals surface area contributed by atoms with E-state index in [9.17, 15) is 4.39 Å². The summed E-state index contributed by atoms with van der Waals surface area (Å²) in [4.78, 5) is 4.15. The van der Waals surface area contributed by atoms with Crippen LogP contribution < -0.4 is 5.32 Å². The molecule has 2 unspecified atom stereocenters. The molecule has 106 valence electrons. The van der Waals surface area contributed by atoms with Gasteiger partial charge in [0, 0.05) is 30.4 Å². The third kappa shape index (κ3) is 2.45. The Morgan fingerprint density at radius 1 is 1.40 bits per heavy atom. The zero-order chi connectivity index (χ0) is 14.1. The maximum atomic E-state index is 12.9. The van der Waals surface area contributed by atoms with E-state index in [1.807, 2.05) is 17.9 Å². The van der Waals surface area contributed by atoms with Crippen LogP contribution in [0.4, 0.5) is 4.39 Å². The summed E-state index contributed by atoms with van der Waals surface area (Å²) >= 11 is 0. The maximum absolute atomic E-state index is 12.9. The van der Waals surface area contributed by atoms with E-state index in [0.717, 1.165) is 25.0 Å². The van der Waals surface area contributed by atoms with Crippen molar-refractivity contribution in [2.75, 3.05) is 0 Å². The Labute approximate surface area is 118 Å². The Hall–Kier alpha value is -1.75. The summed E-state index contributed by atoms with van der Waals surface area (Å²) in [5.41, 5.74) is 3.46. The Bertz CT molecular complexity index is 590. The normalized spacial score (nSPS) is 19.6. The molecule has 2 aromatic rings. The molecule has 1 aliphatic carbocycles. The number of hydrogen-bond acceptors (Lipinski definition) is 3. The van der Waals surface area contributed by atoms with Gasteiger partial charge in [0.15, 0.2) is 0 Å². The van der Waals surface area contributed by atoms with E-state index < -0.39 is 0 Å². The van der Waals surface area contributed by atoms with Gasteiger partial charge in [0.25, 0.3) is 0 Å². The standard InChI is InChI=1S/C15H19FN4/c1-10(13-7-6-11(16)8-17-13)19-14-4-3-5-15-12(14)9-18-20(15)2/h6-10,14,19H,3-5H2,1-2H3. The molecular formula is C15H19FN4. The highest BCUT2D eigenvalue weighted by atomic mass is 19.1. The second-order valence-electron chi connectivity index (χ2n) is 5.40. The molecule has 1 aliphatic rings. The van der Waals surface area contributed by atoms with Crippen LogP contribution in [0, 0.1) is 5.82 Å². The van der Waals surface area contributed by atoms with Gasteiger partial charge in [0.1, 0.15) is 5.82 Å². The number of fused-ring (bicyclic) bond motifs is 1. The van der Waals surface area contributed by atoms with Gasteiger partial charge < -0.3 is 5.32 Å². The van der Waals surface area contributed by atoms with E-state index in [2.05, 4.69) is 22.3 Å². The molecule has 3 rings (SSSR count). The molecule has 5 heteroatoms. The van der Waals surface area contributed by atoms with E-state index >= 15 is 0 Å². The highest BCUT2D eigenvalue weighted by molar-refractivity contribution is 5.25. The fraction of sp³-hybridized carbons (Fsp3) is 0.467. The van der Waals surface area contributed by atoms with Gasteiger partial charge in [-0.2, -0.15) is 5.10 Å². The zero-order valence-corrected chi connectivity index (χ0v) is 11.8. The number of hydrogen-bond donors (Lipinski definition) is 1. The second kappa shape index (κ2) is 5.32. The van der Waals surface area contributed by atoms with Crippen LogP contribution in [-0.4, -0.2) is 14.8 Å². The first kappa shape index (κ1) is 13.2. The van der Waals surface area contributed by atoms with Crippen molar-refractivity contribution in [1.29, 1.82) is 0 Å². The third-order valence-corrected chi connectivity index (χ3v) is 4.02. The minimum Gasteiger partial charge on any atom is -0.302 e. The number of rotatable bonds is 3. The molecule has 0 amide bonds. The quantitative estimate of drug-likeness (QED) is 0.935. The van der Waals surface area contributed by atoms with Crippen molar-refractivity contribution in [3.8, 4) is 0 Å². The summed E-state index contributed by atoms with van der Waals surface area (Å²) in [6.07, 6.45) is 6.58. The van der Waals surface area contributed by atoms with Crippen LogP contribution in [0.15, 0.2) is 24.5 Å². The first-order valence-corrected chi connectivity index (χ1v) is 7.03. The molecule has 0 fully saturated rings. The summed E-state index contributed by atoms with van der Waals surface area (Å²) in [5, 5.41) is 7.94. The highest BCUT2D eigenvalue weighted by Gasteiger charge is 2.24. The molecule has 2 atom stereocenters. The van der Waals surface area contributed by atoms with Gasteiger partial charge in [-0.25, -0.2) is 4.39 Å². The smallest absolute Gasteiger partial charge is 0.141 e. The van der Waals surface area contributed by atoms with Gasteiger partial charge in [0.2, 0.25) is 0 Å². The number of aromatic nitrogens is 3. The summed E-state index contributed by atoms with van der Waals surface area (Å²) in [6.45, 7) is 2.06. The minimum atomic E-state index is -0.298. The molecule has 0 spiro atoms. The lowest BCUT2D eigenvalue weighted by Gasteiger charge is -2.27. The van der Waals surface area contributed by atoms with Crippen molar-refractivity contribution in [2.45, 2.75) is 38.3 Å². The molecule has 20 heavy (non-hydrogen) atoms. The molecule has 0 aromatic carbocycles. The van der Waals surface area contributed by atoms with E-state index in [1.54, 1.807) is 6.07 Å². The van der Waals surface area contributed by atoms with Crippen LogP contribution in [0.3, 0.4) is 0 Å². The lowest BCUT2D eigenvalue weighted by Crippen LogP contribution is -2.28. The number of halogens is 1. The van der Waals surface area contributed by atoms with Crippen molar-refractivity contribution < 1.29 is 4.39 Å². The van der Waals surface area contributed by atoms with Crippen molar-refractivity contribution >= 4 is 0 Å². The molecular weight excluding hydrogens is 255 g/mol. The van der Waals surface area contributed by atoms with Crippen molar-refractivity contribution in [2.24, 2.45) is 7.05 Å². The van der Waals surface area contributed by atoms with Crippen molar-refractivity contribution in [3.05, 3.63) is 47.3 Å². The van der Waals surface area contributed by atoms with Gasteiger partial charge in [-0.3, -0.25) is 9.67 Å². The lowest BCUT2D eigenvalue weighted by molar-refractivity contribution is 0.406. The molecule has 0 radical (unpaired) electrons. The summed E-state index contributed by atoms with van der Waals surface area (Å²) < 4.78 is 14.9. The fourth-order valence-electron chi connectivity index (χ4n) is 2.91. The molecule has 2 aromatic heterocycles. The Morgan fingerprint density at radius 3 is 3.00 bits per heavy atom. The van der Waals surface area contributed by atoms with E-state index in [4.69, 9.17) is 0 Å². The molecule has 0 bridgehead atoms. The van der Waals surface area contributed by atoms with E-state index in [0.29, 0.717) is 6.04 Å². The second-order valence-corrected chi connectivity index (χ2v) is 5.40. The predicted molar refractivity (Wildman–Crippen MR) is 74.6 cm³/mol. The van der Waals surface area contributed by atoms with Gasteiger partial charge >= 0.3 is 0 Å². The first-order chi connectivity index (χ1) is 9.65. The molecule has 0 aliphatic heterocycles. The van der Waals surface area contributed by atoms with Crippen LogP contribution in [0.2, 0.25) is 0 Å². The van der Waals surface area contributed by atoms with E-state index in [-0.39, 0.29) is 11.9 Å². The Balaban J connectivity index is 1.77. The molecule has 2 heterocycles. The fourth-order valence-corrected chi connectivity index (χ4v) is 2.91. The highest BCUT2D eigenvalue weighted by Crippen LogP contribution is 2.31.